The lowest BCUT2D eigenvalue weighted by molar-refractivity contribution is 0.0951. The normalized spacial score (nSPS) is 16.6. The summed E-state index contributed by atoms with van der Waals surface area (Å²) in [6, 6.07) is 2.12. The average molecular weight is 329 g/mol. The number of rotatable bonds is 6. The highest BCUT2D eigenvalue weighted by Gasteiger charge is 2.18. The highest BCUT2D eigenvalue weighted by molar-refractivity contribution is 6.05. The summed E-state index contributed by atoms with van der Waals surface area (Å²) in [4.78, 5) is 19.6. The number of nitrogens with zero attached hydrogens (tertiary/aromatic N) is 4. The zero-order chi connectivity index (χ0) is 17.1. The number of fused-ring (bicyclic) bond motifs is 1. The maximum absolute atomic E-state index is 12.6. The second-order valence-corrected chi connectivity index (χ2v) is 6.70. The monoisotopic (exact) mass is 329 g/mol. The van der Waals surface area contributed by atoms with Crippen molar-refractivity contribution in [2.75, 3.05) is 26.2 Å². The Labute approximate surface area is 143 Å². The van der Waals surface area contributed by atoms with E-state index >= 15 is 0 Å². The van der Waals surface area contributed by atoms with Crippen molar-refractivity contribution < 1.29 is 4.79 Å². The van der Waals surface area contributed by atoms with E-state index in [1.54, 1.807) is 6.20 Å². The zero-order valence-corrected chi connectivity index (χ0v) is 14.9. The molecule has 6 heteroatoms. The Kier molecular flexibility index (Phi) is 5.14. The number of aromatic nitrogens is 3. The molecule has 0 aliphatic carbocycles. The van der Waals surface area contributed by atoms with Gasteiger partial charge >= 0.3 is 0 Å². The standard InChI is InChI=1S/C18H27N5O/c1-4-14(3)23-17-16(12-20-23)15(11-13(2)21-17)18(24)19-7-10-22-8-5-6-9-22/h11-12,14H,4-10H2,1-3H3,(H,19,24)/t14-/m0/s1. The Morgan fingerprint density at radius 3 is 2.83 bits per heavy atom. The van der Waals surface area contributed by atoms with Gasteiger partial charge in [0.1, 0.15) is 0 Å². The van der Waals surface area contributed by atoms with Crippen molar-refractivity contribution in [1.82, 2.24) is 25.0 Å². The Bertz CT molecular complexity index is 718. The number of pyridine rings is 1. The van der Waals surface area contributed by atoms with Crippen LogP contribution >= 0.6 is 0 Å². The van der Waals surface area contributed by atoms with E-state index in [2.05, 4.69) is 34.1 Å². The van der Waals surface area contributed by atoms with Gasteiger partial charge in [0.2, 0.25) is 0 Å². The molecule has 3 rings (SSSR count). The second kappa shape index (κ2) is 7.30. The third kappa shape index (κ3) is 3.43. The zero-order valence-electron chi connectivity index (χ0n) is 14.9. The minimum Gasteiger partial charge on any atom is -0.351 e. The van der Waals surface area contributed by atoms with Crippen LogP contribution in [-0.2, 0) is 0 Å². The number of aryl methyl sites for hydroxylation is 1. The lowest BCUT2D eigenvalue weighted by Gasteiger charge is -2.15. The molecule has 1 saturated heterocycles. The lowest BCUT2D eigenvalue weighted by atomic mass is 10.1. The van der Waals surface area contributed by atoms with Crippen LogP contribution in [0, 0.1) is 6.92 Å². The smallest absolute Gasteiger partial charge is 0.252 e. The number of carbonyl (C=O) groups excluding carboxylic acids is 1. The van der Waals surface area contributed by atoms with Crippen molar-refractivity contribution in [3.63, 3.8) is 0 Å². The molecule has 3 heterocycles. The fraction of sp³-hybridized carbons (Fsp3) is 0.611. The number of carbonyl (C=O) groups is 1. The Balaban J connectivity index is 1.77. The number of hydrogen-bond acceptors (Lipinski definition) is 4. The van der Waals surface area contributed by atoms with Crippen molar-refractivity contribution in [2.45, 2.75) is 46.1 Å². The predicted octanol–water partition coefficient (Wildman–Crippen LogP) is 2.54. The molecule has 130 valence electrons. The molecular weight excluding hydrogens is 302 g/mol. The molecule has 2 aromatic heterocycles. The minimum absolute atomic E-state index is 0.0339. The first kappa shape index (κ1) is 16.9. The van der Waals surface area contributed by atoms with Crippen molar-refractivity contribution in [1.29, 1.82) is 0 Å². The number of nitrogens with one attached hydrogen (secondary N) is 1. The van der Waals surface area contributed by atoms with E-state index in [9.17, 15) is 4.79 Å². The molecule has 1 aliphatic rings. The molecule has 6 nitrogen and oxygen atoms in total. The topological polar surface area (TPSA) is 63.1 Å². The summed E-state index contributed by atoms with van der Waals surface area (Å²) >= 11 is 0. The second-order valence-electron chi connectivity index (χ2n) is 6.70. The van der Waals surface area contributed by atoms with Crippen molar-refractivity contribution in [3.05, 3.63) is 23.5 Å². The van der Waals surface area contributed by atoms with Crippen molar-refractivity contribution >= 4 is 16.9 Å². The van der Waals surface area contributed by atoms with E-state index in [-0.39, 0.29) is 11.9 Å². The van der Waals surface area contributed by atoms with Gasteiger partial charge in [-0.3, -0.25) is 4.79 Å². The largest absolute Gasteiger partial charge is 0.351 e. The summed E-state index contributed by atoms with van der Waals surface area (Å²) in [7, 11) is 0. The van der Waals surface area contributed by atoms with E-state index in [0.717, 1.165) is 42.8 Å². The SMILES string of the molecule is CC[C@H](C)n1ncc2c(C(=O)NCCN3CCCC3)cc(C)nc21. The van der Waals surface area contributed by atoms with Crippen LogP contribution in [-0.4, -0.2) is 51.8 Å². The quantitative estimate of drug-likeness (QED) is 0.884. The maximum atomic E-state index is 12.6. The van der Waals surface area contributed by atoms with Crippen molar-refractivity contribution in [3.8, 4) is 0 Å². The van der Waals surface area contributed by atoms with Gasteiger partial charge in [0.25, 0.3) is 5.91 Å². The van der Waals surface area contributed by atoms with Crippen LogP contribution in [0.2, 0.25) is 0 Å². The van der Waals surface area contributed by atoms with E-state index in [4.69, 9.17) is 0 Å². The van der Waals surface area contributed by atoms with Gasteiger partial charge in [-0.2, -0.15) is 5.10 Å². The molecule has 1 aliphatic heterocycles. The van der Waals surface area contributed by atoms with Gasteiger partial charge in [0.05, 0.1) is 23.2 Å². The molecule has 24 heavy (non-hydrogen) atoms. The number of likely N-dealkylation sites (tertiary alicyclic amines) is 1. The number of amides is 1. The van der Waals surface area contributed by atoms with Gasteiger partial charge in [-0.05, 0) is 52.3 Å². The van der Waals surface area contributed by atoms with Crippen LogP contribution < -0.4 is 5.32 Å². The molecule has 0 saturated carbocycles. The van der Waals surface area contributed by atoms with Crippen LogP contribution in [0.15, 0.2) is 12.3 Å². The van der Waals surface area contributed by atoms with E-state index in [1.165, 1.54) is 12.8 Å². The van der Waals surface area contributed by atoms with E-state index in [1.807, 2.05) is 17.7 Å². The first-order valence-corrected chi connectivity index (χ1v) is 8.95. The molecule has 0 aromatic carbocycles. The summed E-state index contributed by atoms with van der Waals surface area (Å²) < 4.78 is 1.92. The first-order valence-electron chi connectivity index (χ1n) is 8.95. The van der Waals surface area contributed by atoms with Gasteiger partial charge in [-0.15, -0.1) is 0 Å². The molecule has 0 radical (unpaired) electrons. The minimum atomic E-state index is -0.0339. The van der Waals surface area contributed by atoms with Crippen LogP contribution in [0.3, 0.4) is 0 Å². The summed E-state index contributed by atoms with van der Waals surface area (Å²) in [5, 5.41) is 8.34. The number of hydrogen-bond donors (Lipinski definition) is 1. The summed E-state index contributed by atoms with van der Waals surface area (Å²) in [5.74, 6) is -0.0339. The highest BCUT2D eigenvalue weighted by atomic mass is 16.1. The summed E-state index contributed by atoms with van der Waals surface area (Å²) in [6.45, 7) is 10.1. The fourth-order valence-corrected chi connectivity index (χ4v) is 3.26. The Morgan fingerprint density at radius 1 is 1.38 bits per heavy atom. The van der Waals surface area contributed by atoms with E-state index in [0.29, 0.717) is 12.1 Å². The van der Waals surface area contributed by atoms with Crippen LogP contribution in [0.5, 0.6) is 0 Å². The van der Waals surface area contributed by atoms with Crippen LogP contribution in [0.4, 0.5) is 0 Å². The van der Waals surface area contributed by atoms with Crippen LogP contribution in [0.25, 0.3) is 11.0 Å². The molecule has 1 atom stereocenters. The lowest BCUT2D eigenvalue weighted by Crippen LogP contribution is -2.33. The van der Waals surface area contributed by atoms with E-state index < -0.39 is 0 Å². The van der Waals surface area contributed by atoms with Gasteiger partial charge < -0.3 is 10.2 Å². The Morgan fingerprint density at radius 2 is 2.12 bits per heavy atom. The van der Waals surface area contributed by atoms with Crippen molar-refractivity contribution in [2.24, 2.45) is 0 Å². The summed E-state index contributed by atoms with van der Waals surface area (Å²) in [5.41, 5.74) is 2.32. The Hall–Kier alpha value is -1.95. The molecule has 1 amide bonds. The summed E-state index contributed by atoms with van der Waals surface area (Å²) in [6.07, 6.45) is 5.28. The van der Waals surface area contributed by atoms with Gasteiger partial charge in [-0.1, -0.05) is 6.92 Å². The van der Waals surface area contributed by atoms with Gasteiger partial charge in [0.15, 0.2) is 5.65 Å². The highest BCUT2D eigenvalue weighted by Crippen LogP contribution is 2.22. The first-order chi connectivity index (χ1) is 11.6. The third-order valence-corrected chi connectivity index (χ3v) is 4.86. The van der Waals surface area contributed by atoms with Crippen LogP contribution in [0.1, 0.15) is 55.2 Å². The van der Waals surface area contributed by atoms with Gasteiger partial charge in [-0.25, -0.2) is 9.67 Å². The fourth-order valence-electron chi connectivity index (χ4n) is 3.26. The van der Waals surface area contributed by atoms with Gasteiger partial charge in [0, 0.05) is 18.8 Å². The molecule has 1 N–H and O–H groups in total. The molecule has 2 aromatic rings. The third-order valence-electron chi connectivity index (χ3n) is 4.86. The molecule has 0 bridgehead atoms. The molecule has 0 unspecified atom stereocenters. The maximum Gasteiger partial charge on any atom is 0.252 e. The molecular formula is C18H27N5O. The molecule has 0 spiro atoms. The average Bonchev–Trinajstić information content (AvgIpc) is 3.22. The molecule has 1 fully saturated rings. The predicted molar refractivity (Wildman–Crippen MR) is 95.3 cm³/mol.